The maximum absolute atomic E-state index is 11.4. The number of nitrogens with zero attached hydrogens (tertiary/aromatic N) is 3. The van der Waals surface area contributed by atoms with Crippen LogP contribution in [-0.4, -0.2) is 55.3 Å². The van der Waals surface area contributed by atoms with Crippen LogP contribution in [0.25, 0.3) is 21.5 Å². The van der Waals surface area contributed by atoms with Gasteiger partial charge in [-0.1, -0.05) is 0 Å². The summed E-state index contributed by atoms with van der Waals surface area (Å²) in [6.07, 6.45) is 3.38. The van der Waals surface area contributed by atoms with E-state index in [2.05, 4.69) is 39.5 Å². The van der Waals surface area contributed by atoms with Crippen molar-refractivity contribution >= 4 is 33.1 Å². The predicted molar refractivity (Wildman–Crippen MR) is 117 cm³/mol. The molecule has 1 N–H and O–H groups in total. The zero-order valence-electron chi connectivity index (χ0n) is 16.7. The van der Waals surface area contributed by atoms with Crippen LogP contribution in [0.3, 0.4) is 0 Å². The minimum Gasteiger partial charge on any atom is -0.492 e. The average Bonchev–Trinajstić information content (AvgIpc) is 3.43. The zero-order chi connectivity index (χ0) is 20.3. The van der Waals surface area contributed by atoms with Crippen molar-refractivity contribution in [2.24, 2.45) is 5.92 Å². The molecule has 0 radical (unpaired) electrons. The van der Waals surface area contributed by atoms with Gasteiger partial charge in [0.1, 0.15) is 5.75 Å². The van der Waals surface area contributed by atoms with E-state index in [1.54, 1.807) is 11.3 Å². The maximum Gasteiger partial charge on any atom is 0.220 e. The lowest BCUT2D eigenvalue weighted by Crippen LogP contribution is -2.36. The number of hydrogen-bond donors (Lipinski definition) is 1. The number of ether oxygens (including phenoxy) is 2. The van der Waals surface area contributed by atoms with Gasteiger partial charge in [-0.05, 0) is 36.6 Å². The van der Waals surface area contributed by atoms with Crippen LogP contribution >= 0.6 is 11.3 Å². The van der Waals surface area contributed by atoms with Crippen molar-refractivity contribution < 1.29 is 14.3 Å². The average molecular weight is 425 g/mol. The van der Waals surface area contributed by atoms with Gasteiger partial charge < -0.3 is 19.7 Å². The summed E-state index contributed by atoms with van der Waals surface area (Å²) in [5.41, 5.74) is 5.78. The first-order chi connectivity index (χ1) is 14.8. The van der Waals surface area contributed by atoms with Gasteiger partial charge in [-0.25, -0.2) is 4.98 Å². The molecule has 4 heterocycles. The Hall–Kier alpha value is -2.71. The summed E-state index contributed by atoms with van der Waals surface area (Å²) in [4.78, 5) is 22.9. The second-order valence-corrected chi connectivity index (χ2v) is 8.54. The van der Waals surface area contributed by atoms with Gasteiger partial charge >= 0.3 is 0 Å². The molecule has 7 nitrogen and oxygen atoms in total. The molecular weight excluding hydrogens is 400 g/mol. The number of morpholine rings is 1. The number of benzene rings is 1. The highest BCUT2D eigenvalue weighted by molar-refractivity contribution is 7.17. The van der Waals surface area contributed by atoms with Crippen LogP contribution in [0, 0.1) is 5.92 Å². The third kappa shape index (κ3) is 4.11. The minimum atomic E-state index is 0.137. The highest BCUT2D eigenvalue weighted by atomic mass is 32.1. The summed E-state index contributed by atoms with van der Waals surface area (Å²) in [5, 5.41) is 2.88. The Balaban J connectivity index is 1.33. The Bertz CT molecular complexity index is 1030. The van der Waals surface area contributed by atoms with Gasteiger partial charge in [0.05, 0.1) is 53.1 Å². The molecule has 0 bridgehead atoms. The van der Waals surface area contributed by atoms with Crippen LogP contribution in [-0.2, 0) is 9.53 Å². The lowest BCUT2D eigenvalue weighted by molar-refractivity contribution is -0.119. The number of carbonyl (C=O) groups is 1. The van der Waals surface area contributed by atoms with Crippen LogP contribution in [0.4, 0.5) is 5.69 Å². The summed E-state index contributed by atoms with van der Waals surface area (Å²) in [6.45, 7) is 4.64. The van der Waals surface area contributed by atoms with Gasteiger partial charge in [-0.15, -0.1) is 11.3 Å². The largest absolute Gasteiger partial charge is 0.492 e. The number of amides is 1. The first-order valence-electron chi connectivity index (χ1n) is 10.3. The molecule has 0 saturated carbocycles. The molecule has 2 saturated heterocycles. The summed E-state index contributed by atoms with van der Waals surface area (Å²) in [5.74, 6) is 1.33. The Morgan fingerprint density at radius 3 is 2.90 bits per heavy atom. The van der Waals surface area contributed by atoms with Gasteiger partial charge in [0.15, 0.2) is 0 Å². The van der Waals surface area contributed by atoms with E-state index < -0.39 is 0 Å². The number of hydrogen-bond acceptors (Lipinski definition) is 7. The topological polar surface area (TPSA) is 76.6 Å². The Morgan fingerprint density at radius 2 is 2.13 bits per heavy atom. The number of thiazole rings is 1. The van der Waals surface area contributed by atoms with Crippen molar-refractivity contribution in [3.8, 4) is 17.0 Å². The number of nitrogens with one attached hydrogen (secondary N) is 1. The molecule has 30 heavy (non-hydrogen) atoms. The summed E-state index contributed by atoms with van der Waals surface area (Å²) in [6, 6.07) is 8.28. The second-order valence-electron chi connectivity index (χ2n) is 7.69. The number of anilines is 1. The van der Waals surface area contributed by atoms with Crippen molar-refractivity contribution in [1.29, 1.82) is 0 Å². The monoisotopic (exact) mass is 424 g/mol. The van der Waals surface area contributed by atoms with Gasteiger partial charge in [-0.3, -0.25) is 9.78 Å². The smallest absolute Gasteiger partial charge is 0.220 e. The van der Waals surface area contributed by atoms with Crippen molar-refractivity contribution in [2.75, 3.05) is 44.4 Å². The molecule has 1 aromatic carbocycles. The molecule has 2 aliphatic heterocycles. The molecule has 0 aliphatic carbocycles. The van der Waals surface area contributed by atoms with E-state index in [0.717, 1.165) is 72.2 Å². The fourth-order valence-electron chi connectivity index (χ4n) is 3.96. The van der Waals surface area contributed by atoms with E-state index in [1.807, 2.05) is 11.7 Å². The highest BCUT2D eigenvalue weighted by Gasteiger charge is 2.21. The second kappa shape index (κ2) is 8.57. The van der Waals surface area contributed by atoms with Gasteiger partial charge in [0.25, 0.3) is 0 Å². The number of rotatable bonds is 6. The maximum atomic E-state index is 11.4. The summed E-state index contributed by atoms with van der Waals surface area (Å²) in [7, 11) is 0. The number of fused-ring (bicyclic) bond motifs is 1. The van der Waals surface area contributed by atoms with E-state index in [-0.39, 0.29) is 5.91 Å². The van der Waals surface area contributed by atoms with Crippen LogP contribution < -0.4 is 15.0 Å². The SMILES string of the molecule is O=C1C[C@@H](CCOc2cc(-c3ccc(N4CCOCC4)cn3)cc3ncsc23)CN1. The van der Waals surface area contributed by atoms with E-state index >= 15 is 0 Å². The lowest BCUT2D eigenvalue weighted by atomic mass is 10.1. The van der Waals surface area contributed by atoms with Crippen LogP contribution in [0.5, 0.6) is 5.75 Å². The third-order valence-electron chi connectivity index (χ3n) is 5.66. The van der Waals surface area contributed by atoms with Crippen molar-refractivity contribution in [2.45, 2.75) is 12.8 Å². The summed E-state index contributed by atoms with van der Waals surface area (Å²) >= 11 is 1.58. The van der Waals surface area contributed by atoms with Crippen LogP contribution in [0.2, 0.25) is 0 Å². The van der Waals surface area contributed by atoms with Gasteiger partial charge in [-0.2, -0.15) is 0 Å². The molecule has 3 aromatic rings. The molecule has 8 heteroatoms. The molecule has 156 valence electrons. The standard InChI is InChI=1S/C22H24N4O3S/c27-21-9-15(12-24-21)3-6-29-20-11-16(10-19-22(20)30-14-25-19)18-2-1-17(13-23-18)26-4-7-28-8-5-26/h1-2,10-11,13-15H,3-9,12H2,(H,24,27)/t15-/m1/s1. The highest BCUT2D eigenvalue weighted by Crippen LogP contribution is 2.34. The fourth-order valence-corrected chi connectivity index (χ4v) is 4.70. The molecule has 0 unspecified atom stereocenters. The Kier molecular flexibility index (Phi) is 5.50. The quantitative estimate of drug-likeness (QED) is 0.655. The zero-order valence-corrected chi connectivity index (χ0v) is 17.5. The minimum absolute atomic E-state index is 0.137. The molecule has 2 aliphatic rings. The molecule has 1 amide bonds. The number of aromatic nitrogens is 2. The molecule has 5 rings (SSSR count). The molecule has 2 aromatic heterocycles. The molecular formula is C22H24N4O3S. The lowest BCUT2D eigenvalue weighted by Gasteiger charge is -2.28. The Labute approximate surface area is 179 Å². The van der Waals surface area contributed by atoms with Crippen molar-refractivity contribution in [3.05, 3.63) is 36.0 Å². The first kappa shape index (κ1) is 19.3. The van der Waals surface area contributed by atoms with E-state index in [0.29, 0.717) is 18.9 Å². The fraction of sp³-hybridized carbons (Fsp3) is 0.409. The predicted octanol–water partition coefficient (Wildman–Crippen LogP) is 3.10. The normalized spacial score (nSPS) is 19.3. The van der Waals surface area contributed by atoms with Crippen molar-refractivity contribution in [3.63, 3.8) is 0 Å². The van der Waals surface area contributed by atoms with Gasteiger partial charge in [0, 0.05) is 31.6 Å². The van der Waals surface area contributed by atoms with E-state index in [9.17, 15) is 4.79 Å². The molecule has 0 spiro atoms. The molecule has 2 fully saturated rings. The van der Waals surface area contributed by atoms with E-state index in [4.69, 9.17) is 14.5 Å². The third-order valence-corrected chi connectivity index (χ3v) is 6.52. The van der Waals surface area contributed by atoms with Crippen LogP contribution in [0.15, 0.2) is 36.0 Å². The number of pyridine rings is 1. The van der Waals surface area contributed by atoms with Gasteiger partial charge in [0.2, 0.25) is 5.91 Å². The number of carbonyl (C=O) groups excluding carboxylic acids is 1. The Morgan fingerprint density at radius 1 is 1.23 bits per heavy atom. The molecule has 1 atom stereocenters. The van der Waals surface area contributed by atoms with Crippen molar-refractivity contribution in [1.82, 2.24) is 15.3 Å². The first-order valence-corrected chi connectivity index (χ1v) is 11.2. The van der Waals surface area contributed by atoms with E-state index in [1.165, 1.54) is 0 Å². The summed E-state index contributed by atoms with van der Waals surface area (Å²) < 4.78 is 12.6. The van der Waals surface area contributed by atoms with Crippen LogP contribution in [0.1, 0.15) is 12.8 Å².